The van der Waals surface area contributed by atoms with Crippen LogP contribution in [0.1, 0.15) is 143 Å². The number of rotatable bonds is 18. The van der Waals surface area contributed by atoms with Gasteiger partial charge < -0.3 is 0 Å². The van der Waals surface area contributed by atoms with Crippen molar-refractivity contribution >= 4 is 0 Å². The van der Waals surface area contributed by atoms with Gasteiger partial charge in [-0.2, -0.15) is 0 Å². The van der Waals surface area contributed by atoms with Crippen molar-refractivity contribution in [1.29, 1.82) is 0 Å². The summed E-state index contributed by atoms with van der Waals surface area (Å²) < 4.78 is 0. The third-order valence-electron chi connectivity index (χ3n) is 5.74. The van der Waals surface area contributed by atoms with Gasteiger partial charge in [-0.3, -0.25) is 0 Å². The summed E-state index contributed by atoms with van der Waals surface area (Å²) in [5.74, 6) is 0. The van der Waals surface area contributed by atoms with Crippen LogP contribution in [0.25, 0.3) is 0 Å². The molecule has 0 aromatic rings. The van der Waals surface area contributed by atoms with Gasteiger partial charge in [0.1, 0.15) is 0 Å². The first kappa shape index (κ1) is 23.0. The molecule has 0 spiro atoms. The Labute approximate surface area is 149 Å². The lowest BCUT2D eigenvalue weighted by atomic mass is 9.71. The lowest BCUT2D eigenvalue weighted by molar-refractivity contribution is 0.175. The van der Waals surface area contributed by atoms with Crippen molar-refractivity contribution < 1.29 is 0 Å². The summed E-state index contributed by atoms with van der Waals surface area (Å²) in [6.45, 7) is 9.39. The van der Waals surface area contributed by atoms with Crippen LogP contribution >= 0.6 is 0 Å². The Morgan fingerprint density at radius 2 is 0.652 bits per heavy atom. The van der Waals surface area contributed by atoms with E-state index in [1.807, 2.05) is 0 Å². The molecular formula is C23H48. The van der Waals surface area contributed by atoms with Crippen molar-refractivity contribution in [2.45, 2.75) is 143 Å². The van der Waals surface area contributed by atoms with Gasteiger partial charge in [-0.15, -0.1) is 0 Å². The van der Waals surface area contributed by atoms with Gasteiger partial charge in [0.15, 0.2) is 0 Å². The third-order valence-corrected chi connectivity index (χ3v) is 5.74. The van der Waals surface area contributed by atoms with Crippen molar-refractivity contribution in [2.75, 3.05) is 0 Å². The minimum Gasteiger partial charge on any atom is -0.0654 e. The lowest BCUT2D eigenvalue weighted by Crippen LogP contribution is -2.21. The van der Waals surface area contributed by atoms with E-state index in [1.165, 1.54) is 116 Å². The van der Waals surface area contributed by atoms with Crippen molar-refractivity contribution in [3.8, 4) is 0 Å². The number of hydrogen-bond acceptors (Lipinski definition) is 0. The molecule has 0 fully saturated rings. The van der Waals surface area contributed by atoms with E-state index in [9.17, 15) is 0 Å². The van der Waals surface area contributed by atoms with Crippen LogP contribution in [0.4, 0.5) is 0 Å². The second-order valence-corrected chi connectivity index (χ2v) is 8.04. The second kappa shape index (κ2) is 16.8. The van der Waals surface area contributed by atoms with Crippen LogP contribution in [0.2, 0.25) is 0 Å². The minimum atomic E-state index is 0.699. The first-order chi connectivity index (χ1) is 11.2. The quantitative estimate of drug-likeness (QED) is 0.220. The Hall–Kier alpha value is 0. The molecule has 0 heterocycles. The summed E-state index contributed by atoms with van der Waals surface area (Å²) in [6.07, 6.45) is 26.2. The average Bonchev–Trinajstić information content (AvgIpc) is 2.58. The maximum Gasteiger partial charge on any atom is -0.0297 e. The average molecular weight is 325 g/mol. The lowest BCUT2D eigenvalue weighted by Gasteiger charge is -2.35. The molecule has 0 saturated heterocycles. The SMILES string of the molecule is CCCCCCCCCCC(CCCC)(CCCC)CCCC. The fourth-order valence-electron chi connectivity index (χ4n) is 4.04. The molecule has 0 unspecified atom stereocenters. The third kappa shape index (κ3) is 13.0. The Morgan fingerprint density at radius 3 is 1.04 bits per heavy atom. The first-order valence-electron chi connectivity index (χ1n) is 11.2. The zero-order valence-electron chi connectivity index (χ0n) is 17.2. The van der Waals surface area contributed by atoms with Crippen LogP contribution in [-0.2, 0) is 0 Å². The van der Waals surface area contributed by atoms with E-state index in [2.05, 4.69) is 27.7 Å². The molecule has 0 bridgehead atoms. The standard InChI is InChI=1S/C23H48/c1-5-9-13-14-15-16-17-18-22-23(19-10-6-2,20-11-7-3)21-12-8-4/h5-22H2,1-4H3. The molecule has 140 valence electrons. The van der Waals surface area contributed by atoms with Gasteiger partial charge in [0, 0.05) is 0 Å². The molecule has 0 amide bonds. The van der Waals surface area contributed by atoms with Crippen molar-refractivity contribution in [3.63, 3.8) is 0 Å². The second-order valence-electron chi connectivity index (χ2n) is 8.04. The van der Waals surface area contributed by atoms with Crippen LogP contribution in [-0.4, -0.2) is 0 Å². The van der Waals surface area contributed by atoms with Gasteiger partial charge in [0.25, 0.3) is 0 Å². The van der Waals surface area contributed by atoms with E-state index in [0.717, 1.165) is 0 Å². The normalized spacial score (nSPS) is 12.0. The van der Waals surface area contributed by atoms with E-state index in [0.29, 0.717) is 5.41 Å². The molecule has 0 aromatic heterocycles. The summed E-state index contributed by atoms with van der Waals surface area (Å²) in [7, 11) is 0. The molecule has 0 aliphatic rings. The van der Waals surface area contributed by atoms with Gasteiger partial charge in [-0.05, 0) is 31.1 Å². The van der Waals surface area contributed by atoms with Crippen molar-refractivity contribution in [1.82, 2.24) is 0 Å². The van der Waals surface area contributed by atoms with Gasteiger partial charge in [0.2, 0.25) is 0 Å². The smallest absolute Gasteiger partial charge is 0.0297 e. The van der Waals surface area contributed by atoms with Crippen LogP contribution in [0.5, 0.6) is 0 Å². The molecule has 0 saturated carbocycles. The van der Waals surface area contributed by atoms with Crippen molar-refractivity contribution in [2.24, 2.45) is 5.41 Å². The van der Waals surface area contributed by atoms with Gasteiger partial charge in [-0.25, -0.2) is 0 Å². The Kier molecular flexibility index (Phi) is 16.8. The molecule has 0 N–H and O–H groups in total. The monoisotopic (exact) mass is 324 g/mol. The highest BCUT2D eigenvalue weighted by Crippen LogP contribution is 2.41. The minimum absolute atomic E-state index is 0.699. The molecule has 0 atom stereocenters. The summed E-state index contributed by atoms with van der Waals surface area (Å²) in [4.78, 5) is 0. The summed E-state index contributed by atoms with van der Waals surface area (Å²) >= 11 is 0. The van der Waals surface area contributed by atoms with Gasteiger partial charge in [-0.1, -0.05) is 118 Å². The van der Waals surface area contributed by atoms with E-state index in [-0.39, 0.29) is 0 Å². The molecular weight excluding hydrogens is 276 g/mol. The Bertz CT molecular complexity index is 196. The van der Waals surface area contributed by atoms with Gasteiger partial charge in [0.05, 0.1) is 0 Å². The van der Waals surface area contributed by atoms with Crippen LogP contribution < -0.4 is 0 Å². The predicted molar refractivity (Wildman–Crippen MR) is 108 cm³/mol. The Balaban J connectivity index is 4.14. The number of unbranched alkanes of at least 4 members (excludes halogenated alkanes) is 10. The molecule has 0 nitrogen and oxygen atoms in total. The largest absolute Gasteiger partial charge is 0.0654 e. The first-order valence-corrected chi connectivity index (χ1v) is 11.2. The highest BCUT2D eigenvalue weighted by atomic mass is 14.3. The molecule has 23 heavy (non-hydrogen) atoms. The maximum atomic E-state index is 2.36. The highest BCUT2D eigenvalue weighted by Gasteiger charge is 2.27. The zero-order valence-corrected chi connectivity index (χ0v) is 17.2. The van der Waals surface area contributed by atoms with Gasteiger partial charge >= 0.3 is 0 Å². The van der Waals surface area contributed by atoms with Crippen LogP contribution in [0, 0.1) is 5.41 Å². The summed E-state index contributed by atoms with van der Waals surface area (Å²) in [6, 6.07) is 0. The molecule has 0 aliphatic carbocycles. The van der Waals surface area contributed by atoms with E-state index in [4.69, 9.17) is 0 Å². The zero-order chi connectivity index (χ0) is 17.2. The van der Waals surface area contributed by atoms with Crippen LogP contribution in [0.15, 0.2) is 0 Å². The fourth-order valence-corrected chi connectivity index (χ4v) is 4.04. The number of hydrogen-bond donors (Lipinski definition) is 0. The molecule has 0 rings (SSSR count). The summed E-state index contributed by atoms with van der Waals surface area (Å²) in [5.41, 5.74) is 0.699. The predicted octanol–water partition coefficient (Wildman–Crippen LogP) is 9.07. The van der Waals surface area contributed by atoms with E-state index < -0.39 is 0 Å². The topological polar surface area (TPSA) is 0 Å². The molecule has 0 radical (unpaired) electrons. The summed E-state index contributed by atoms with van der Waals surface area (Å²) in [5, 5.41) is 0. The Morgan fingerprint density at radius 1 is 0.348 bits per heavy atom. The maximum absolute atomic E-state index is 2.36. The highest BCUT2D eigenvalue weighted by molar-refractivity contribution is 4.79. The van der Waals surface area contributed by atoms with E-state index >= 15 is 0 Å². The fraction of sp³-hybridized carbons (Fsp3) is 1.00. The van der Waals surface area contributed by atoms with Crippen molar-refractivity contribution in [3.05, 3.63) is 0 Å². The van der Waals surface area contributed by atoms with E-state index in [1.54, 1.807) is 0 Å². The molecule has 0 heteroatoms. The molecule has 0 aromatic carbocycles. The van der Waals surface area contributed by atoms with Crippen LogP contribution in [0.3, 0.4) is 0 Å². The molecule has 0 aliphatic heterocycles.